The first kappa shape index (κ1) is 19.5. The molecule has 29 heavy (non-hydrogen) atoms. The van der Waals surface area contributed by atoms with Crippen LogP contribution in [0.3, 0.4) is 0 Å². The van der Waals surface area contributed by atoms with Crippen molar-refractivity contribution in [3.8, 4) is 5.75 Å². The summed E-state index contributed by atoms with van der Waals surface area (Å²) in [7, 11) is 1.65. The molecule has 5 nitrogen and oxygen atoms in total. The van der Waals surface area contributed by atoms with E-state index in [1.807, 2.05) is 36.4 Å². The van der Waals surface area contributed by atoms with Gasteiger partial charge >= 0.3 is 0 Å². The quantitative estimate of drug-likeness (QED) is 0.671. The van der Waals surface area contributed by atoms with Gasteiger partial charge in [-0.25, -0.2) is 0 Å². The van der Waals surface area contributed by atoms with Crippen LogP contribution in [0.2, 0.25) is 0 Å². The molecule has 1 saturated heterocycles. The lowest BCUT2D eigenvalue weighted by molar-refractivity contribution is -0.125. The molecule has 0 spiro atoms. The average molecular weight is 392 g/mol. The Morgan fingerprint density at radius 1 is 1.10 bits per heavy atom. The van der Waals surface area contributed by atoms with Crippen LogP contribution in [-0.2, 0) is 14.9 Å². The molecule has 1 fully saturated rings. The van der Waals surface area contributed by atoms with Crippen LogP contribution < -0.4 is 10.1 Å². The van der Waals surface area contributed by atoms with Gasteiger partial charge in [0.1, 0.15) is 5.75 Å². The standard InChI is InChI=1S/C24H28N2O3/c1-17(2)26-14-11-20-21(5-4-6-22(20)26)25-23(27)24(12-15-29-16-13-24)18-7-9-19(28-3)10-8-18/h4-11,14,17H,12-13,15-16H2,1-3H3,(H,25,27). The maximum atomic E-state index is 13.6. The Bertz CT molecular complexity index is 999. The normalized spacial score (nSPS) is 16.1. The van der Waals surface area contributed by atoms with Crippen molar-refractivity contribution in [1.29, 1.82) is 0 Å². The van der Waals surface area contributed by atoms with Crippen LogP contribution >= 0.6 is 0 Å². The summed E-state index contributed by atoms with van der Waals surface area (Å²) in [4.78, 5) is 13.6. The van der Waals surface area contributed by atoms with Crippen molar-refractivity contribution in [2.45, 2.75) is 38.1 Å². The predicted octanol–water partition coefficient (Wildman–Crippen LogP) is 4.92. The first-order valence-corrected chi connectivity index (χ1v) is 10.2. The van der Waals surface area contributed by atoms with Crippen LogP contribution in [0, 0.1) is 0 Å². The van der Waals surface area contributed by atoms with Gasteiger partial charge in [-0.2, -0.15) is 0 Å². The maximum Gasteiger partial charge on any atom is 0.235 e. The second-order valence-electron chi connectivity index (χ2n) is 7.93. The largest absolute Gasteiger partial charge is 0.497 e. The maximum absolute atomic E-state index is 13.6. The number of anilines is 1. The lowest BCUT2D eigenvalue weighted by Crippen LogP contribution is -2.44. The zero-order chi connectivity index (χ0) is 20.4. The van der Waals surface area contributed by atoms with Gasteiger partial charge in [0.15, 0.2) is 0 Å². The minimum Gasteiger partial charge on any atom is -0.497 e. The second-order valence-corrected chi connectivity index (χ2v) is 7.93. The third kappa shape index (κ3) is 3.51. The number of hydrogen-bond acceptors (Lipinski definition) is 3. The number of carbonyl (C=O) groups excluding carboxylic acids is 1. The summed E-state index contributed by atoms with van der Waals surface area (Å²) in [5.41, 5.74) is 2.38. The Balaban J connectivity index is 1.70. The van der Waals surface area contributed by atoms with E-state index in [1.54, 1.807) is 7.11 Å². The third-order valence-electron chi connectivity index (χ3n) is 5.99. The highest BCUT2D eigenvalue weighted by molar-refractivity contribution is 6.05. The molecule has 1 N–H and O–H groups in total. The smallest absolute Gasteiger partial charge is 0.235 e. The number of methoxy groups -OCH3 is 1. The summed E-state index contributed by atoms with van der Waals surface area (Å²) in [6, 6.07) is 16.4. The average Bonchev–Trinajstić information content (AvgIpc) is 3.20. The van der Waals surface area contributed by atoms with Crippen LogP contribution in [0.5, 0.6) is 5.75 Å². The number of benzene rings is 2. The highest BCUT2D eigenvalue weighted by Crippen LogP contribution is 2.38. The van der Waals surface area contributed by atoms with Gasteiger partial charge in [-0.1, -0.05) is 18.2 Å². The van der Waals surface area contributed by atoms with Crippen LogP contribution in [0.15, 0.2) is 54.7 Å². The fourth-order valence-corrected chi connectivity index (χ4v) is 4.27. The van der Waals surface area contributed by atoms with Crippen LogP contribution in [0.1, 0.15) is 38.3 Å². The summed E-state index contributed by atoms with van der Waals surface area (Å²) in [5, 5.41) is 4.30. The summed E-state index contributed by atoms with van der Waals surface area (Å²) in [5.74, 6) is 0.812. The molecule has 0 radical (unpaired) electrons. The summed E-state index contributed by atoms with van der Waals surface area (Å²) < 4.78 is 13.1. The topological polar surface area (TPSA) is 52.5 Å². The van der Waals surface area contributed by atoms with Crippen LogP contribution in [0.25, 0.3) is 10.9 Å². The predicted molar refractivity (Wildman–Crippen MR) is 116 cm³/mol. The molecule has 3 aromatic rings. The molecule has 2 heterocycles. The summed E-state index contributed by atoms with van der Waals surface area (Å²) >= 11 is 0. The molecule has 1 aliphatic heterocycles. The van der Waals surface area contributed by atoms with Crippen molar-refractivity contribution < 1.29 is 14.3 Å². The van der Waals surface area contributed by atoms with E-state index in [-0.39, 0.29) is 5.91 Å². The van der Waals surface area contributed by atoms with Crippen molar-refractivity contribution in [2.75, 3.05) is 25.6 Å². The van der Waals surface area contributed by atoms with E-state index in [2.05, 4.69) is 42.1 Å². The Labute approximate surface area is 171 Å². The van der Waals surface area contributed by atoms with Gasteiger partial charge in [-0.05, 0) is 62.6 Å². The number of hydrogen-bond donors (Lipinski definition) is 1. The van der Waals surface area contributed by atoms with Crippen molar-refractivity contribution in [3.63, 3.8) is 0 Å². The van der Waals surface area contributed by atoms with E-state index < -0.39 is 5.41 Å². The summed E-state index contributed by atoms with van der Waals surface area (Å²) in [6.45, 7) is 5.47. The molecular formula is C24H28N2O3. The molecule has 152 valence electrons. The first-order chi connectivity index (χ1) is 14.0. The molecule has 4 rings (SSSR count). The first-order valence-electron chi connectivity index (χ1n) is 10.2. The Kier molecular flexibility index (Phi) is 5.33. The molecule has 1 aliphatic rings. The van der Waals surface area contributed by atoms with Gasteiger partial charge in [0.2, 0.25) is 5.91 Å². The van der Waals surface area contributed by atoms with Crippen molar-refractivity contribution in [3.05, 3.63) is 60.3 Å². The van der Waals surface area contributed by atoms with E-state index in [4.69, 9.17) is 9.47 Å². The minimum atomic E-state index is -0.604. The number of ether oxygens (including phenoxy) is 2. The van der Waals surface area contributed by atoms with Crippen molar-refractivity contribution in [1.82, 2.24) is 4.57 Å². The van der Waals surface area contributed by atoms with Gasteiger partial charge < -0.3 is 19.4 Å². The Morgan fingerprint density at radius 2 is 1.83 bits per heavy atom. The van der Waals surface area contributed by atoms with Crippen molar-refractivity contribution >= 4 is 22.5 Å². The zero-order valence-corrected chi connectivity index (χ0v) is 17.3. The lowest BCUT2D eigenvalue weighted by Gasteiger charge is -2.36. The molecule has 0 saturated carbocycles. The molecule has 5 heteroatoms. The van der Waals surface area contributed by atoms with Gasteiger partial charge in [0, 0.05) is 30.8 Å². The lowest BCUT2D eigenvalue weighted by atomic mass is 9.73. The number of fused-ring (bicyclic) bond motifs is 1. The summed E-state index contributed by atoms with van der Waals surface area (Å²) in [6.07, 6.45) is 3.40. The number of amides is 1. The number of carbonyl (C=O) groups is 1. The third-order valence-corrected chi connectivity index (χ3v) is 5.99. The Morgan fingerprint density at radius 3 is 2.48 bits per heavy atom. The highest BCUT2D eigenvalue weighted by atomic mass is 16.5. The van der Waals surface area contributed by atoms with Crippen LogP contribution in [-0.4, -0.2) is 30.8 Å². The second kappa shape index (κ2) is 7.91. The van der Waals surface area contributed by atoms with Gasteiger partial charge in [0.05, 0.1) is 23.7 Å². The zero-order valence-electron chi connectivity index (χ0n) is 17.3. The minimum absolute atomic E-state index is 0.0239. The molecule has 2 aromatic carbocycles. The molecular weight excluding hydrogens is 364 g/mol. The molecule has 0 atom stereocenters. The van der Waals surface area contributed by atoms with E-state index in [0.29, 0.717) is 32.1 Å². The fraction of sp³-hybridized carbons (Fsp3) is 0.375. The Hall–Kier alpha value is -2.79. The van der Waals surface area contributed by atoms with Gasteiger partial charge in [-0.3, -0.25) is 4.79 Å². The van der Waals surface area contributed by atoms with E-state index in [9.17, 15) is 4.79 Å². The van der Waals surface area contributed by atoms with Crippen LogP contribution in [0.4, 0.5) is 5.69 Å². The molecule has 0 bridgehead atoms. The fourth-order valence-electron chi connectivity index (χ4n) is 4.27. The van der Waals surface area contributed by atoms with E-state index >= 15 is 0 Å². The molecule has 1 aromatic heterocycles. The molecule has 0 unspecified atom stereocenters. The van der Waals surface area contributed by atoms with Gasteiger partial charge in [0.25, 0.3) is 0 Å². The number of aromatic nitrogens is 1. The van der Waals surface area contributed by atoms with Gasteiger partial charge in [-0.15, -0.1) is 0 Å². The number of nitrogens with one attached hydrogen (secondary N) is 1. The molecule has 1 amide bonds. The van der Waals surface area contributed by atoms with E-state index in [0.717, 1.165) is 27.9 Å². The number of rotatable bonds is 5. The van der Waals surface area contributed by atoms with E-state index in [1.165, 1.54) is 0 Å². The molecule has 0 aliphatic carbocycles. The monoisotopic (exact) mass is 392 g/mol. The SMILES string of the molecule is COc1ccc(C2(C(=O)Nc3cccc4c3ccn4C(C)C)CCOCC2)cc1. The highest BCUT2D eigenvalue weighted by Gasteiger charge is 2.42. The number of nitrogens with zero attached hydrogens (tertiary/aromatic N) is 1. The van der Waals surface area contributed by atoms with Crippen molar-refractivity contribution in [2.24, 2.45) is 0 Å².